The van der Waals surface area contributed by atoms with Gasteiger partial charge in [0.1, 0.15) is 23.0 Å². The first-order valence-corrected chi connectivity index (χ1v) is 8.49. The number of aromatic hydroxyl groups is 1. The summed E-state index contributed by atoms with van der Waals surface area (Å²) in [5.41, 5.74) is 0.689. The molecule has 7 heteroatoms. The molecule has 0 bridgehead atoms. The molecule has 0 radical (unpaired) electrons. The number of allylic oxidation sites excluding steroid dienone is 1. The molecule has 0 aliphatic rings. The molecule has 1 rings (SSSR count). The molecule has 1 atom stereocenters. The summed E-state index contributed by atoms with van der Waals surface area (Å²) >= 11 is 0. The van der Waals surface area contributed by atoms with E-state index in [4.69, 9.17) is 9.84 Å². The molecule has 0 heterocycles. The summed E-state index contributed by atoms with van der Waals surface area (Å²) in [6.45, 7) is 5.52. The normalized spacial score (nSPS) is 12.5. The summed E-state index contributed by atoms with van der Waals surface area (Å²) in [6.07, 6.45) is 1.66. The van der Waals surface area contributed by atoms with Gasteiger partial charge in [-0.2, -0.15) is 0 Å². The molecule has 126 valence electrons. The van der Waals surface area contributed by atoms with Gasteiger partial charge in [0, 0.05) is 22.9 Å². The van der Waals surface area contributed by atoms with Crippen LogP contribution in [0.1, 0.15) is 12.5 Å². The van der Waals surface area contributed by atoms with Crippen LogP contribution in [0.5, 0.6) is 5.75 Å². The Hall–Kier alpha value is -2.12. The first-order chi connectivity index (χ1) is 11.0. The van der Waals surface area contributed by atoms with Gasteiger partial charge in [-0.3, -0.25) is 9.00 Å². The van der Waals surface area contributed by atoms with Crippen LogP contribution in [0.15, 0.2) is 42.7 Å². The number of phenols is 1. The summed E-state index contributed by atoms with van der Waals surface area (Å²) in [4.78, 5) is 11.4. The van der Waals surface area contributed by atoms with Crippen molar-refractivity contribution in [2.45, 2.75) is 6.92 Å². The first-order valence-electron chi connectivity index (χ1n) is 7.00. The number of hydrogen-bond donors (Lipinski definition) is 3. The van der Waals surface area contributed by atoms with E-state index in [0.717, 1.165) is 0 Å². The van der Waals surface area contributed by atoms with Gasteiger partial charge in [-0.15, -0.1) is 0 Å². The van der Waals surface area contributed by atoms with Crippen LogP contribution in [-0.4, -0.2) is 45.0 Å². The smallest absolute Gasteiger partial charge is 0.232 e. The molecule has 0 aromatic heterocycles. The van der Waals surface area contributed by atoms with Crippen molar-refractivity contribution in [1.29, 1.82) is 0 Å². The number of ether oxygens (including phenoxy) is 1. The Morgan fingerprint density at radius 1 is 1.35 bits per heavy atom. The summed E-state index contributed by atoms with van der Waals surface area (Å²) < 4.78 is 17.5. The standard InChI is InChI=1S/C16H21NO5S/c1-3-15(10-23(21)11-16(20)17-8-9-18)22-12(2)13-4-6-14(19)7-5-13/h3-7,18-19H,2,8-11H2,1H3,(H,17,20)/b15-3-. The van der Waals surface area contributed by atoms with E-state index in [1.807, 2.05) is 0 Å². The molecule has 0 spiro atoms. The number of rotatable bonds is 9. The number of benzene rings is 1. The topological polar surface area (TPSA) is 95.9 Å². The van der Waals surface area contributed by atoms with Gasteiger partial charge in [-0.1, -0.05) is 6.58 Å². The highest BCUT2D eigenvalue weighted by Gasteiger charge is 2.12. The third-order valence-electron chi connectivity index (χ3n) is 2.79. The van der Waals surface area contributed by atoms with E-state index in [9.17, 15) is 14.1 Å². The van der Waals surface area contributed by atoms with Crippen LogP contribution in [0.2, 0.25) is 0 Å². The minimum Gasteiger partial charge on any atom is -0.508 e. The van der Waals surface area contributed by atoms with Gasteiger partial charge in [0.05, 0.1) is 12.4 Å². The SMILES string of the molecule is C=C(O/C(=C\C)CS(=O)CC(=O)NCCO)c1ccc(O)cc1. The Labute approximate surface area is 137 Å². The van der Waals surface area contributed by atoms with Crippen molar-refractivity contribution in [1.82, 2.24) is 5.32 Å². The average Bonchev–Trinajstić information content (AvgIpc) is 2.52. The molecule has 0 aliphatic heterocycles. The zero-order valence-electron chi connectivity index (χ0n) is 12.9. The predicted molar refractivity (Wildman–Crippen MR) is 90.0 cm³/mol. The molecular formula is C16H21NO5S. The van der Waals surface area contributed by atoms with E-state index in [1.165, 1.54) is 12.1 Å². The zero-order valence-corrected chi connectivity index (χ0v) is 13.8. The van der Waals surface area contributed by atoms with Crippen molar-refractivity contribution >= 4 is 22.5 Å². The maximum Gasteiger partial charge on any atom is 0.232 e. The van der Waals surface area contributed by atoms with E-state index in [1.54, 1.807) is 25.1 Å². The molecule has 0 fully saturated rings. The van der Waals surface area contributed by atoms with Gasteiger partial charge in [-0.05, 0) is 37.3 Å². The van der Waals surface area contributed by atoms with Crippen molar-refractivity contribution in [3.8, 4) is 5.75 Å². The van der Waals surface area contributed by atoms with Gasteiger partial charge >= 0.3 is 0 Å². The van der Waals surface area contributed by atoms with Gasteiger partial charge < -0.3 is 20.3 Å². The molecule has 0 saturated carbocycles. The second-order valence-electron chi connectivity index (χ2n) is 4.63. The Morgan fingerprint density at radius 3 is 2.57 bits per heavy atom. The lowest BCUT2D eigenvalue weighted by molar-refractivity contribution is -0.118. The van der Waals surface area contributed by atoms with Crippen LogP contribution in [0.4, 0.5) is 0 Å². The van der Waals surface area contributed by atoms with Crippen LogP contribution in [0.25, 0.3) is 5.76 Å². The van der Waals surface area contributed by atoms with Crippen molar-refractivity contribution in [3.63, 3.8) is 0 Å². The predicted octanol–water partition coefficient (Wildman–Crippen LogP) is 1.14. The Kier molecular flexibility index (Phi) is 8.07. The number of aliphatic hydroxyl groups is 1. The lowest BCUT2D eigenvalue weighted by atomic mass is 10.2. The summed E-state index contributed by atoms with van der Waals surface area (Å²) in [6, 6.07) is 6.35. The average molecular weight is 339 g/mol. The van der Waals surface area contributed by atoms with E-state index in [2.05, 4.69) is 11.9 Å². The summed E-state index contributed by atoms with van der Waals surface area (Å²) in [7, 11) is -1.43. The van der Waals surface area contributed by atoms with Crippen LogP contribution in [0.3, 0.4) is 0 Å². The molecule has 1 aromatic rings. The minimum absolute atomic E-state index is 0.0835. The second-order valence-corrected chi connectivity index (χ2v) is 6.09. The lowest BCUT2D eigenvalue weighted by Crippen LogP contribution is -2.31. The third-order valence-corrected chi connectivity index (χ3v) is 3.99. The Bertz CT molecular complexity index is 595. The van der Waals surface area contributed by atoms with Crippen molar-refractivity contribution < 1.29 is 24.0 Å². The number of aliphatic hydroxyl groups excluding tert-OH is 1. The Balaban J connectivity index is 2.54. The largest absolute Gasteiger partial charge is 0.508 e. The molecule has 0 saturated heterocycles. The second kappa shape index (κ2) is 9.81. The van der Waals surface area contributed by atoms with Crippen molar-refractivity contribution in [2.75, 3.05) is 24.7 Å². The monoisotopic (exact) mass is 339 g/mol. The first kappa shape index (κ1) is 18.9. The Morgan fingerprint density at radius 2 is 2.00 bits per heavy atom. The van der Waals surface area contributed by atoms with Crippen LogP contribution >= 0.6 is 0 Å². The highest BCUT2D eigenvalue weighted by Crippen LogP contribution is 2.20. The highest BCUT2D eigenvalue weighted by atomic mass is 32.2. The van der Waals surface area contributed by atoms with E-state index < -0.39 is 10.8 Å². The maximum atomic E-state index is 12.0. The van der Waals surface area contributed by atoms with E-state index in [0.29, 0.717) is 17.1 Å². The number of amides is 1. The van der Waals surface area contributed by atoms with Crippen molar-refractivity contribution in [3.05, 3.63) is 48.2 Å². The van der Waals surface area contributed by atoms with Crippen LogP contribution in [-0.2, 0) is 20.3 Å². The highest BCUT2D eigenvalue weighted by molar-refractivity contribution is 7.85. The molecular weight excluding hydrogens is 318 g/mol. The number of hydrogen-bond acceptors (Lipinski definition) is 5. The molecule has 1 amide bonds. The fourth-order valence-corrected chi connectivity index (χ4v) is 2.68. The molecule has 23 heavy (non-hydrogen) atoms. The lowest BCUT2D eigenvalue weighted by Gasteiger charge is -2.12. The third kappa shape index (κ3) is 7.12. The number of carbonyl (C=O) groups is 1. The molecule has 6 nitrogen and oxygen atoms in total. The minimum atomic E-state index is -1.43. The molecule has 1 aromatic carbocycles. The van der Waals surface area contributed by atoms with E-state index in [-0.39, 0.29) is 36.3 Å². The number of phenolic OH excluding ortho intramolecular Hbond substituents is 1. The van der Waals surface area contributed by atoms with Crippen LogP contribution < -0.4 is 5.32 Å². The van der Waals surface area contributed by atoms with Crippen LogP contribution in [0, 0.1) is 0 Å². The number of nitrogens with one attached hydrogen (secondary N) is 1. The molecule has 1 unspecified atom stereocenters. The quantitative estimate of drug-likeness (QED) is 0.586. The van der Waals surface area contributed by atoms with Gasteiger partial charge in [0.25, 0.3) is 0 Å². The molecule has 3 N–H and O–H groups in total. The van der Waals surface area contributed by atoms with E-state index >= 15 is 0 Å². The van der Waals surface area contributed by atoms with Gasteiger partial charge in [-0.25, -0.2) is 0 Å². The zero-order chi connectivity index (χ0) is 17.2. The fourth-order valence-electron chi connectivity index (χ4n) is 1.64. The fraction of sp³-hybridized carbons (Fsp3) is 0.312. The molecule has 0 aliphatic carbocycles. The van der Waals surface area contributed by atoms with Gasteiger partial charge in [0.15, 0.2) is 0 Å². The van der Waals surface area contributed by atoms with Gasteiger partial charge in [0.2, 0.25) is 5.91 Å². The summed E-state index contributed by atoms with van der Waals surface area (Å²) in [5, 5.41) is 20.3. The number of carbonyl (C=O) groups excluding carboxylic acids is 1. The van der Waals surface area contributed by atoms with Crippen molar-refractivity contribution in [2.24, 2.45) is 0 Å². The maximum absolute atomic E-state index is 12.0. The summed E-state index contributed by atoms with van der Waals surface area (Å²) in [5.74, 6) is 0.483.